The first-order valence-electron chi connectivity index (χ1n) is 7.72. The van der Waals surface area contributed by atoms with E-state index in [1.54, 1.807) is 6.07 Å². The summed E-state index contributed by atoms with van der Waals surface area (Å²) < 4.78 is 24.2. The van der Waals surface area contributed by atoms with E-state index < -0.39 is 6.10 Å². The number of benzene rings is 1. The topological polar surface area (TPSA) is 50.8 Å². The van der Waals surface area contributed by atoms with Crippen LogP contribution in [0.25, 0.3) is 0 Å². The van der Waals surface area contributed by atoms with Gasteiger partial charge in [0.2, 0.25) is 0 Å². The molecule has 0 radical (unpaired) electrons. The molecule has 2 saturated heterocycles. The van der Waals surface area contributed by atoms with E-state index >= 15 is 0 Å². The summed E-state index contributed by atoms with van der Waals surface area (Å²) in [5, 5.41) is 3.03. The molecule has 2 fully saturated rings. The summed E-state index contributed by atoms with van der Waals surface area (Å²) in [6.07, 6.45) is 1.16. The van der Waals surface area contributed by atoms with E-state index in [0.717, 1.165) is 18.5 Å². The molecule has 5 nitrogen and oxygen atoms in total. The number of carbonyl (C=O) groups excluding carboxylic acids is 1. The summed E-state index contributed by atoms with van der Waals surface area (Å²) >= 11 is 0. The van der Waals surface area contributed by atoms with Crippen LogP contribution in [0.1, 0.15) is 12.8 Å². The number of morpholine rings is 1. The largest absolute Gasteiger partial charge is 0.381 e. The third kappa shape index (κ3) is 3.75. The van der Waals surface area contributed by atoms with E-state index in [4.69, 9.17) is 9.47 Å². The van der Waals surface area contributed by atoms with Gasteiger partial charge in [-0.05, 0) is 31.0 Å². The van der Waals surface area contributed by atoms with Crippen molar-refractivity contribution in [2.24, 2.45) is 0 Å². The fraction of sp³-hybridized carbons (Fsp3) is 0.562. The van der Waals surface area contributed by atoms with E-state index in [1.165, 1.54) is 12.1 Å². The zero-order valence-corrected chi connectivity index (χ0v) is 12.5. The lowest BCUT2D eigenvalue weighted by Gasteiger charge is -2.34. The van der Waals surface area contributed by atoms with Gasteiger partial charge < -0.3 is 19.7 Å². The molecule has 22 heavy (non-hydrogen) atoms. The van der Waals surface area contributed by atoms with Gasteiger partial charge in [-0.1, -0.05) is 6.07 Å². The van der Waals surface area contributed by atoms with Crippen LogP contribution in [-0.4, -0.2) is 51.0 Å². The number of amides is 1. The first kappa shape index (κ1) is 15.2. The first-order valence-corrected chi connectivity index (χ1v) is 7.72. The van der Waals surface area contributed by atoms with Gasteiger partial charge in [-0.15, -0.1) is 0 Å². The number of hydrogen-bond acceptors (Lipinski definition) is 4. The van der Waals surface area contributed by atoms with Gasteiger partial charge in [-0.3, -0.25) is 4.79 Å². The zero-order chi connectivity index (χ0) is 15.4. The van der Waals surface area contributed by atoms with Crippen LogP contribution in [0.4, 0.5) is 10.1 Å². The average Bonchev–Trinajstić information content (AvgIpc) is 2.56. The molecule has 0 bridgehead atoms. The molecule has 0 spiro atoms. The second-order valence-corrected chi connectivity index (χ2v) is 5.68. The van der Waals surface area contributed by atoms with Gasteiger partial charge in [0, 0.05) is 31.5 Å². The predicted molar refractivity (Wildman–Crippen MR) is 80.3 cm³/mol. The average molecular weight is 308 g/mol. The number of halogens is 1. The molecule has 0 aromatic heterocycles. The van der Waals surface area contributed by atoms with Crippen LogP contribution in [-0.2, 0) is 14.3 Å². The maximum Gasteiger partial charge on any atom is 0.251 e. The summed E-state index contributed by atoms with van der Waals surface area (Å²) in [5.41, 5.74) is 0.784. The van der Waals surface area contributed by atoms with Crippen LogP contribution < -0.4 is 10.2 Å². The van der Waals surface area contributed by atoms with Crippen molar-refractivity contribution in [3.63, 3.8) is 0 Å². The molecule has 1 amide bonds. The Morgan fingerprint density at radius 2 is 2.09 bits per heavy atom. The van der Waals surface area contributed by atoms with Crippen LogP contribution in [0.5, 0.6) is 0 Å². The molecule has 2 aliphatic rings. The highest BCUT2D eigenvalue weighted by atomic mass is 19.1. The van der Waals surface area contributed by atoms with E-state index in [-0.39, 0.29) is 17.8 Å². The van der Waals surface area contributed by atoms with Crippen LogP contribution in [0.15, 0.2) is 24.3 Å². The van der Waals surface area contributed by atoms with Gasteiger partial charge in [0.15, 0.2) is 6.10 Å². The van der Waals surface area contributed by atoms with Crippen LogP contribution in [0, 0.1) is 5.82 Å². The Hall–Kier alpha value is -1.66. The monoisotopic (exact) mass is 308 g/mol. The van der Waals surface area contributed by atoms with Gasteiger partial charge in [0.1, 0.15) is 5.82 Å². The number of rotatable bonds is 3. The predicted octanol–water partition coefficient (Wildman–Crippen LogP) is 1.33. The minimum absolute atomic E-state index is 0.0898. The molecular weight excluding hydrogens is 287 g/mol. The Morgan fingerprint density at radius 1 is 1.27 bits per heavy atom. The molecule has 1 aromatic rings. The lowest BCUT2D eigenvalue weighted by Crippen LogP contribution is -2.52. The second-order valence-electron chi connectivity index (χ2n) is 5.68. The van der Waals surface area contributed by atoms with Crippen LogP contribution in [0.3, 0.4) is 0 Å². The molecular formula is C16H21FN2O3. The number of hydrogen-bond donors (Lipinski definition) is 1. The van der Waals surface area contributed by atoms with Crippen molar-refractivity contribution in [1.82, 2.24) is 5.32 Å². The van der Waals surface area contributed by atoms with Crippen molar-refractivity contribution in [2.75, 3.05) is 37.8 Å². The third-order valence-electron chi connectivity index (χ3n) is 4.10. The van der Waals surface area contributed by atoms with E-state index in [9.17, 15) is 9.18 Å². The Kier molecular flexibility index (Phi) is 4.90. The number of nitrogens with one attached hydrogen (secondary N) is 1. The van der Waals surface area contributed by atoms with Gasteiger partial charge in [0.05, 0.1) is 13.2 Å². The molecule has 3 rings (SSSR count). The number of carbonyl (C=O) groups is 1. The minimum Gasteiger partial charge on any atom is -0.381 e. The molecule has 1 unspecified atom stereocenters. The van der Waals surface area contributed by atoms with Crippen molar-refractivity contribution in [3.8, 4) is 0 Å². The standard InChI is InChI=1S/C16H21FN2O3/c17-12-2-1-3-14(10-12)19-6-9-22-15(11-19)16(20)18-13-4-7-21-8-5-13/h1-3,10,13,15H,4-9,11H2,(H,18,20). The van der Waals surface area contributed by atoms with E-state index in [0.29, 0.717) is 32.9 Å². The fourth-order valence-electron chi connectivity index (χ4n) is 2.85. The Morgan fingerprint density at radius 3 is 2.86 bits per heavy atom. The molecule has 2 aliphatic heterocycles. The number of nitrogens with zero attached hydrogens (tertiary/aromatic N) is 1. The molecule has 0 saturated carbocycles. The summed E-state index contributed by atoms with van der Waals surface area (Å²) in [7, 11) is 0. The smallest absolute Gasteiger partial charge is 0.251 e. The quantitative estimate of drug-likeness (QED) is 0.915. The lowest BCUT2D eigenvalue weighted by molar-refractivity contribution is -0.134. The van der Waals surface area contributed by atoms with E-state index in [2.05, 4.69) is 5.32 Å². The zero-order valence-electron chi connectivity index (χ0n) is 12.5. The molecule has 6 heteroatoms. The Bertz CT molecular complexity index is 520. The first-order chi connectivity index (χ1) is 10.7. The normalized spacial score (nSPS) is 23.3. The van der Waals surface area contributed by atoms with Gasteiger partial charge >= 0.3 is 0 Å². The molecule has 1 atom stereocenters. The Balaban J connectivity index is 1.58. The van der Waals surface area contributed by atoms with Crippen molar-refractivity contribution in [3.05, 3.63) is 30.1 Å². The number of ether oxygens (including phenoxy) is 2. The van der Waals surface area contributed by atoms with Gasteiger partial charge in [-0.25, -0.2) is 4.39 Å². The van der Waals surface area contributed by atoms with Crippen molar-refractivity contribution >= 4 is 11.6 Å². The Labute approximate surface area is 129 Å². The SMILES string of the molecule is O=C(NC1CCOCC1)C1CN(c2cccc(F)c2)CCO1. The summed E-state index contributed by atoms with van der Waals surface area (Å²) in [5.74, 6) is -0.361. The molecule has 120 valence electrons. The third-order valence-corrected chi connectivity index (χ3v) is 4.10. The van der Waals surface area contributed by atoms with Crippen molar-refractivity contribution in [1.29, 1.82) is 0 Å². The summed E-state index contributed by atoms with van der Waals surface area (Å²) in [4.78, 5) is 14.3. The minimum atomic E-state index is -0.514. The van der Waals surface area contributed by atoms with Gasteiger partial charge in [0.25, 0.3) is 5.91 Å². The fourth-order valence-corrected chi connectivity index (χ4v) is 2.85. The maximum absolute atomic E-state index is 13.3. The van der Waals surface area contributed by atoms with E-state index in [1.807, 2.05) is 11.0 Å². The highest BCUT2D eigenvalue weighted by molar-refractivity contribution is 5.82. The van der Waals surface area contributed by atoms with Crippen LogP contribution in [0.2, 0.25) is 0 Å². The summed E-state index contributed by atoms with van der Waals surface area (Å²) in [6.45, 7) is 2.93. The van der Waals surface area contributed by atoms with Crippen molar-refractivity contribution in [2.45, 2.75) is 25.0 Å². The lowest BCUT2D eigenvalue weighted by atomic mass is 10.1. The molecule has 2 heterocycles. The number of anilines is 1. The summed E-state index contributed by atoms with van der Waals surface area (Å²) in [6, 6.07) is 6.59. The molecule has 1 N–H and O–H groups in total. The molecule has 0 aliphatic carbocycles. The van der Waals surface area contributed by atoms with Crippen LogP contribution >= 0.6 is 0 Å². The molecule has 1 aromatic carbocycles. The highest BCUT2D eigenvalue weighted by Gasteiger charge is 2.28. The van der Waals surface area contributed by atoms with Crippen molar-refractivity contribution < 1.29 is 18.7 Å². The second kappa shape index (κ2) is 7.07. The van der Waals surface area contributed by atoms with Gasteiger partial charge in [-0.2, -0.15) is 0 Å². The maximum atomic E-state index is 13.3. The highest BCUT2D eigenvalue weighted by Crippen LogP contribution is 2.19.